The number of hydrazine groups is 1. The SMILES string of the molecule is CCn1c(-c2cccnc2C(C)C)c2c3cc(ccc31)-c1cc(cc(C(F)F)c1)C[C@H](NC(=O)[C@H](C1CCCC1)N1CC[C@]3(CCN(C(=O)[C@H]4[C@@H](C5CC5)N4[S@](=O)c4ccc(C)cc4)C3)C1)C(=O)N1CCC[C@H](N1)C(=O)OCC(C)(C)C2. The summed E-state index contributed by atoms with van der Waals surface area (Å²) in [7, 11) is -1.43. The molecule has 82 heavy (non-hydrogen) atoms. The molecule has 436 valence electrons. The number of nitrogens with zero attached hydrogens (tertiary/aromatic N) is 6. The predicted molar refractivity (Wildman–Crippen MR) is 313 cm³/mol. The molecule has 8 atom stereocenters. The monoisotopic (exact) mass is 1140 g/mol. The minimum absolute atomic E-state index is 0.0223. The Hall–Kier alpha value is -5.88. The van der Waals surface area contributed by atoms with E-state index in [1.54, 1.807) is 0 Å². The van der Waals surface area contributed by atoms with Crippen LogP contribution >= 0.6 is 0 Å². The van der Waals surface area contributed by atoms with Crippen LogP contribution in [-0.2, 0) is 54.3 Å². The fourth-order valence-electron chi connectivity index (χ4n) is 14.7. The topological polar surface area (TPSA) is 149 Å². The first-order valence-corrected chi connectivity index (χ1v) is 31.4. The second-order valence-corrected chi connectivity index (χ2v) is 27.5. The number of esters is 1. The number of likely N-dealkylation sites (tertiary alicyclic amines) is 2. The Morgan fingerprint density at radius 2 is 1.67 bits per heavy atom. The third kappa shape index (κ3) is 11.1. The van der Waals surface area contributed by atoms with Gasteiger partial charge >= 0.3 is 5.97 Å². The van der Waals surface area contributed by atoms with Crippen LogP contribution in [0.2, 0.25) is 0 Å². The zero-order chi connectivity index (χ0) is 57.4. The molecule has 7 aliphatic rings. The van der Waals surface area contributed by atoms with Gasteiger partial charge in [0.15, 0.2) is 0 Å². The van der Waals surface area contributed by atoms with Crippen molar-refractivity contribution in [2.45, 2.75) is 173 Å². The number of aromatic nitrogens is 2. The summed E-state index contributed by atoms with van der Waals surface area (Å²) in [6.45, 7) is 16.0. The Morgan fingerprint density at radius 1 is 0.902 bits per heavy atom. The number of hydrogen-bond donors (Lipinski definition) is 2. The van der Waals surface area contributed by atoms with E-state index in [4.69, 9.17) is 9.72 Å². The number of benzene rings is 3. The third-order valence-corrected chi connectivity index (χ3v) is 20.6. The van der Waals surface area contributed by atoms with Crippen molar-refractivity contribution in [3.8, 4) is 22.4 Å². The zero-order valence-electron chi connectivity index (χ0n) is 48.4. The van der Waals surface area contributed by atoms with Crippen molar-refractivity contribution in [3.63, 3.8) is 0 Å². The smallest absolute Gasteiger partial charge is 0.324 e. The van der Waals surface area contributed by atoms with Gasteiger partial charge in [-0.3, -0.25) is 34.1 Å². The van der Waals surface area contributed by atoms with Crippen molar-refractivity contribution in [1.82, 2.24) is 39.4 Å². The lowest BCUT2D eigenvalue weighted by Crippen LogP contribution is -2.62. The Morgan fingerprint density at radius 3 is 2.40 bits per heavy atom. The zero-order valence-corrected chi connectivity index (χ0v) is 49.3. The number of carbonyl (C=O) groups excluding carboxylic acids is 4. The predicted octanol–water partition coefficient (Wildman–Crippen LogP) is 10.1. The van der Waals surface area contributed by atoms with Gasteiger partial charge in [-0.25, -0.2) is 22.7 Å². The Labute approximate surface area is 483 Å². The normalized spacial score (nSPS) is 26.9. The molecule has 17 heteroatoms. The van der Waals surface area contributed by atoms with Gasteiger partial charge in [0, 0.05) is 78.2 Å². The minimum Gasteiger partial charge on any atom is -0.464 e. The molecule has 6 bridgehead atoms. The number of rotatable bonds is 12. The highest BCUT2D eigenvalue weighted by atomic mass is 32.2. The van der Waals surface area contributed by atoms with Crippen molar-refractivity contribution < 1.29 is 36.9 Å². The first-order chi connectivity index (χ1) is 39.4. The van der Waals surface area contributed by atoms with Crippen molar-refractivity contribution in [2.75, 3.05) is 39.3 Å². The lowest BCUT2D eigenvalue weighted by atomic mass is 9.83. The summed E-state index contributed by atoms with van der Waals surface area (Å²) in [4.78, 5) is 69.2. The highest BCUT2D eigenvalue weighted by molar-refractivity contribution is 7.83. The van der Waals surface area contributed by atoms with E-state index in [1.165, 1.54) is 17.1 Å². The Balaban J connectivity index is 0.857. The van der Waals surface area contributed by atoms with Crippen LogP contribution in [0.5, 0.6) is 0 Å². The van der Waals surface area contributed by atoms with Crippen LogP contribution in [0.1, 0.15) is 139 Å². The average molecular weight is 1140 g/mol. The van der Waals surface area contributed by atoms with Crippen LogP contribution in [0.3, 0.4) is 0 Å². The van der Waals surface area contributed by atoms with E-state index in [0.29, 0.717) is 73.9 Å². The number of ether oxygens (including phenoxy) is 1. The maximum atomic E-state index is 15.4. The first kappa shape index (κ1) is 56.6. The van der Waals surface area contributed by atoms with E-state index in [1.807, 2.05) is 64.8 Å². The maximum absolute atomic E-state index is 15.4. The highest BCUT2D eigenvalue weighted by Crippen LogP contribution is 2.51. The lowest BCUT2D eigenvalue weighted by molar-refractivity contribution is -0.155. The standard InChI is InChI=1S/C65H80F2N8O6S/c1-7-73-53-23-20-44-34-49(53)50(57(73)48-14-10-26-68-54(48)39(2)3)35-64(5,6)38-81-63(79)51-15-11-27-74(70-51)61(77)52(32-41-30-45(44)33-46(31-41)59(66)67)69-60(76)56(42-12-8-9-13-42)71-28-24-65(36-71)25-29-72(37-65)62(78)58-55(43-18-19-43)75(58)82(80)47-21-16-40(4)17-22-47/h10,14,16-17,20-23,26,30-31,33-34,39,42-43,51-52,55-56,58-59,70H,7-9,11-13,15,18-19,24-25,27-29,32,35-38H2,1-6H3,(H,69,76)/t51-,52-,55+,56-,58+,65-,75?,82+/m0/s1. The summed E-state index contributed by atoms with van der Waals surface area (Å²) in [5.41, 5.74) is 10.1. The van der Waals surface area contributed by atoms with Gasteiger partial charge < -0.3 is 19.5 Å². The number of pyridine rings is 1. The average Bonchev–Trinajstić information content (AvgIpc) is 4.38. The summed E-state index contributed by atoms with van der Waals surface area (Å²) < 4.78 is 54.9. The van der Waals surface area contributed by atoms with Gasteiger partial charge in [0.25, 0.3) is 12.3 Å². The second kappa shape index (κ2) is 22.6. The van der Waals surface area contributed by atoms with Gasteiger partial charge in [-0.2, -0.15) is 0 Å². The quantitative estimate of drug-likeness (QED) is 0.0920. The third-order valence-electron chi connectivity index (χ3n) is 19.1. The van der Waals surface area contributed by atoms with Gasteiger partial charge in [-0.1, -0.05) is 76.4 Å². The first-order valence-electron chi connectivity index (χ1n) is 30.3. The molecule has 14 nitrogen and oxygen atoms in total. The fraction of sp³-hybridized carbons (Fsp3) is 0.554. The van der Waals surface area contributed by atoms with E-state index in [0.717, 1.165) is 95.9 Å². The highest BCUT2D eigenvalue weighted by Gasteiger charge is 2.64. The number of halogens is 2. The molecule has 4 saturated heterocycles. The molecule has 1 unspecified atom stereocenters. The molecule has 7 heterocycles. The lowest BCUT2D eigenvalue weighted by Gasteiger charge is -2.37. The van der Waals surface area contributed by atoms with Crippen molar-refractivity contribution in [3.05, 3.63) is 107 Å². The molecule has 5 aromatic rings. The van der Waals surface area contributed by atoms with Crippen molar-refractivity contribution in [2.24, 2.45) is 22.7 Å². The van der Waals surface area contributed by atoms with E-state index in [-0.39, 0.29) is 60.2 Å². The van der Waals surface area contributed by atoms with E-state index in [2.05, 4.69) is 73.0 Å². The number of cyclic esters (lactones) is 1. The van der Waals surface area contributed by atoms with Crippen LogP contribution in [0, 0.1) is 29.6 Å². The number of nitrogens with one attached hydrogen (secondary N) is 2. The molecule has 2 aromatic heterocycles. The van der Waals surface area contributed by atoms with E-state index in [9.17, 15) is 13.8 Å². The second-order valence-electron chi connectivity index (χ2n) is 26.1. The molecule has 0 radical (unpaired) electrons. The van der Waals surface area contributed by atoms with Gasteiger partial charge in [-0.15, -0.1) is 0 Å². The van der Waals surface area contributed by atoms with Gasteiger partial charge in [0.1, 0.15) is 29.1 Å². The van der Waals surface area contributed by atoms with Crippen LogP contribution in [0.4, 0.5) is 8.78 Å². The fourth-order valence-corrected chi connectivity index (χ4v) is 16.2. The van der Waals surface area contributed by atoms with Crippen molar-refractivity contribution in [1.29, 1.82) is 0 Å². The van der Waals surface area contributed by atoms with E-state index < -0.39 is 58.9 Å². The molecule has 1 spiro atoms. The number of fused-ring (bicyclic) bond motifs is 6. The number of aryl methyl sites for hydroxylation is 2. The summed E-state index contributed by atoms with van der Waals surface area (Å²) in [6.07, 6.45) is 7.76. The van der Waals surface area contributed by atoms with Crippen LogP contribution in [0.15, 0.2) is 83.9 Å². The molecular formula is C65H80F2N8O6S. The summed E-state index contributed by atoms with van der Waals surface area (Å²) in [5.74, 6) is -0.628. The summed E-state index contributed by atoms with van der Waals surface area (Å²) in [5, 5.41) is 5.64. The van der Waals surface area contributed by atoms with Gasteiger partial charge in [0.2, 0.25) is 11.8 Å². The maximum Gasteiger partial charge on any atom is 0.324 e. The molecule has 6 fully saturated rings. The van der Waals surface area contributed by atoms with Gasteiger partial charge in [-0.05, 0) is 161 Å². The van der Waals surface area contributed by atoms with Crippen LogP contribution < -0.4 is 10.7 Å². The molecule has 5 aliphatic heterocycles. The molecule has 3 aromatic carbocycles. The number of carbonyl (C=O) groups is 4. The largest absolute Gasteiger partial charge is 0.464 e. The Kier molecular flexibility index (Phi) is 15.6. The van der Waals surface area contributed by atoms with Crippen LogP contribution in [0.25, 0.3) is 33.3 Å². The van der Waals surface area contributed by atoms with Crippen molar-refractivity contribution >= 4 is 45.6 Å². The summed E-state index contributed by atoms with van der Waals surface area (Å²) in [6, 6.07) is 19.8. The summed E-state index contributed by atoms with van der Waals surface area (Å²) >= 11 is 0. The number of amides is 3. The van der Waals surface area contributed by atoms with Gasteiger partial charge in [0.05, 0.1) is 35.0 Å². The molecule has 2 aliphatic carbocycles. The number of hydrogen-bond acceptors (Lipinski definition) is 9. The Bertz CT molecular complexity index is 3300. The minimum atomic E-state index is -2.81. The molecule has 2 N–H and O–H groups in total. The molecule has 12 rings (SSSR count). The van der Waals surface area contributed by atoms with Crippen LogP contribution in [-0.4, -0.2) is 126 Å². The molecular weight excluding hydrogens is 1060 g/mol. The molecule has 3 amide bonds. The van der Waals surface area contributed by atoms with E-state index >= 15 is 18.4 Å². The number of alkyl halides is 2. The molecule has 2 saturated carbocycles.